The summed E-state index contributed by atoms with van der Waals surface area (Å²) in [4.78, 5) is 17.0. The Morgan fingerprint density at radius 3 is 2.52 bits per heavy atom. The number of nitrogens with two attached hydrogens (primary N) is 1. The minimum absolute atomic E-state index is 0.137. The zero-order valence-electron chi connectivity index (χ0n) is 18.6. The predicted octanol–water partition coefficient (Wildman–Crippen LogP) is 4.15. The van der Waals surface area contributed by atoms with Crippen LogP contribution in [0.1, 0.15) is 51.1 Å². The summed E-state index contributed by atoms with van der Waals surface area (Å²) in [5.74, 6) is 0.177. The Morgan fingerprint density at radius 2 is 1.79 bits per heavy atom. The molecule has 0 radical (unpaired) electrons. The van der Waals surface area contributed by atoms with Crippen LogP contribution < -0.4 is 10.5 Å². The van der Waals surface area contributed by atoms with Crippen molar-refractivity contribution in [1.29, 1.82) is 0 Å². The van der Waals surface area contributed by atoms with E-state index in [2.05, 4.69) is 15.0 Å². The lowest BCUT2D eigenvalue weighted by molar-refractivity contribution is -0.211. The van der Waals surface area contributed by atoms with E-state index in [1.807, 2.05) is 6.92 Å². The molecule has 0 spiro atoms. The van der Waals surface area contributed by atoms with Gasteiger partial charge >= 0.3 is 6.01 Å². The van der Waals surface area contributed by atoms with Crippen molar-refractivity contribution < 1.29 is 18.6 Å². The van der Waals surface area contributed by atoms with Gasteiger partial charge in [-0.15, -0.1) is 0 Å². The maximum atomic E-state index is 13.6. The summed E-state index contributed by atoms with van der Waals surface area (Å²) in [7, 11) is 0. The second kappa shape index (κ2) is 9.17. The highest BCUT2D eigenvalue weighted by molar-refractivity contribution is 5.76. The van der Waals surface area contributed by atoms with Gasteiger partial charge in [-0.2, -0.15) is 4.98 Å². The minimum atomic E-state index is -0.686. The van der Waals surface area contributed by atoms with Gasteiger partial charge < -0.3 is 24.9 Å². The Labute approximate surface area is 191 Å². The molecule has 5 rings (SSSR count). The first-order chi connectivity index (χ1) is 16.0. The fourth-order valence-electron chi connectivity index (χ4n) is 4.15. The van der Waals surface area contributed by atoms with E-state index in [9.17, 15) is 4.39 Å². The van der Waals surface area contributed by atoms with E-state index in [1.165, 1.54) is 18.6 Å². The number of aromatic amines is 1. The average molecular weight is 454 g/mol. The van der Waals surface area contributed by atoms with E-state index in [-0.39, 0.29) is 11.9 Å². The van der Waals surface area contributed by atoms with Crippen molar-refractivity contribution >= 4 is 0 Å². The molecule has 0 unspecified atom stereocenters. The number of ether oxygens (including phenoxy) is 3. The lowest BCUT2D eigenvalue weighted by Gasteiger charge is -2.33. The highest BCUT2D eigenvalue weighted by Crippen LogP contribution is 2.34. The Kier molecular flexibility index (Phi) is 6.09. The standard InChI is InChI=1S/C24H28FN5O3/c1-24(26)13-31-22(32-14-24)21-29-19(15-7-9-16(25)10-8-15)20(30-21)18-11-12-27-23(28-18)33-17-5-3-2-4-6-17/h7-12,17,22H,2-6,13-14,26H2,1H3,(H,29,30). The zero-order valence-corrected chi connectivity index (χ0v) is 18.6. The van der Waals surface area contributed by atoms with Crippen LogP contribution in [0.4, 0.5) is 4.39 Å². The van der Waals surface area contributed by atoms with Gasteiger partial charge in [-0.05, 0) is 62.9 Å². The van der Waals surface area contributed by atoms with Gasteiger partial charge in [-0.1, -0.05) is 6.42 Å². The first-order valence-electron chi connectivity index (χ1n) is 11.3. The van der Waals surface area contributed by atoms with Gasteiger partial charge in [-0.25, -0.2) is 14.4 Å². The lowest BCUT2D eigenvalue weighted by Crippen LogP contribution is -2.50. The number of H-pyrrole nitrogens is 1. The Morgan fingerprint density at radius 1 is 1.06 bits per heavy atom. The van der Waals surface area contributed by atoms with E-state index in [0.29, 0.717) is 42.1 Å². The van der Waals surface area contributed by atoms with Crippen LogP contribution >= 0.6 is 0 Å². The van der Waals surface area contributed by atoms with Crippen molar-refractivity contribution in [2.45, 2.75) is 57.0 Å². The van der Waals surface area contributed by atoms with Crippen LogP contribution in [0.25, 0.3) is 22.6 Å². The molecule has 3 heterocycles. The molecule has 3 N–H and O–H groups in total. The van der Waals surface area contributed by atoms with Crippen LogP contribution in [0.3, 0.4) is 0 Å². The number of hydrogen-bond acceptors (Lipinski definition) is 7. The topological polar surface area (TPSA) is 108 Å². The fourth-order valence-corrected chi connectivity index (χ4v) is 4.15. The minimum Gasteiger partial charge on any atom is -0.460 e. The van der Waals surface area contributed by atoms with E-state index in [1.54, 1.807) is 24.4 Å². The fraction of sp³-hybridized carbons (Fsp3) is 0.458. The third-order valence-electron chi connectivity index (χ3n) is 5.91. The van der Waals surface area contributed by atoms with Crippen LogP contribution in [-0.2, 0) is 9.47 Å². The first kappa shape index (κ1) is 21.9. The highest BCUT2D eigenvalue weighted by Gasteiger charge is 2.32. The third-order valence-corrected chi connectivity index (χ3v) is 5.91. The molecular weight excluding hydrogens is 425 g/mol. The maximum Gasteiger partial charge on any atom is 0.317 e. The molecule has 1 aliphatic carbocycles. The summed E-state index contributed by atoms with van der Waals surface area (Å²) in [6.07, 6.45) is 6.71. The molecule has 1 aliphatic heterocycles. The number of aromatic nitrogens is 4. The van der Waals surface area contributed by atoms with Crippen LogP contribution in [0.5, 0.6) is 6.01 Å². The number of nitrogens with one attached hydrogen (secondary N) is 1. The molecule has 1 aromatic carbocycles. The monoisotopic (exact) mass is 453 g/mol. The van der Waals surface area contributed by atoms with E-state index in [4.69, 9.17) is 24.9 Å². The molecule has 8 nitrogen and oxygen atoms in total. The van der Waals surface area contributed by atoms with Gasteiger partial charge in [0, 0.05) is 11.8 Å². The van der Waals surface area contributed by atoms with Crippen molar-refractivity contribution in [3.8, 4) is 28.7 Å². The van der Waals surface area contributed by atoms with Gasteiger partial charge in [0.25, 0.3) is 0 Å². The number of benzene rings is 1. The van der Waals surface area contributed by atoms with E-state index >= 15 is 0 Å². The van der Waals surface area contributed by atoms with Gasteiger partial charge in [0.15, 0.2) is 5.82 Å². The maximum absolute atomic E-state index is 13.6. The highest BCUT2D eigenvalue weighted by atomic mass is 19.1. The van der Waals surface area contributed by atoms with Gasteiger partial charge in [0.05, 0.1) is 35.8 Å². The number of nitrogens with zero attached hydrogens (tertiary/aromatic N) is 3. The van der Waals surface area contributed by atoms with Crippen LogP contribution in [0, 0.1) is 5.82 Å². The third kappa shape index (κ3) is 5.05. The predicted molar refractivity (Wildman–Crippen MR) is 120 cm³/mol. The van der Waals surface area contributed by atoms with Crippen molar-refractivity contribution in [2.24, 2.45) is 5.73 Å². The Hall–Kier alpha value is -2.88. The normalized spacial score (nSPS) is 24.0. The molecule has 3 aromatic rings. The van der Waals surface area contributed by atoms with Gasteiger partial charge in [0.1, 0.15) is 11.9 Å². The zero-order chi connectivity index (χ0) is 22.8. The van der Waals surface area contributed by atoms with Gasteiger partial charge in [0.2, 0.25) is 6.29 Å². The smallest absolute Gasteiger partial charge is 0.317 e. The molecule has 0 atom stereocenters. The number of halogens is 1. The van der Waals surface area contributed by atoms with Crippen LogP contribution in [0.2, 0.25) is 0 Å². The summed E-state index contributed by atoms with van der Waals surface area (Å²) in [6.45, 7) is 2.55. The molecular formula is C24H28FN5O3. The van der Waals surface area contributed by atoms with Crippen LogP contribution in [-0.4, -0.2) is 44.8 Å². The number of hydrogen-bond donors (Lipinski definition) is 2. The van der Waals surface area contributed by atoms with E-state index < -0.39 is 11.8 Å². The largest absolute Gasteiger partial charge is 0.460 e. The Bertz CT molecular complexity index is 1090. The molecule has 0 bridgehead atoms. The molecule has 1 saturated carbocycles. The van der Waals surface area contributed by atoms with Gasteiger partial charge in [-0.3, -0.25) is 0 Å². The number of imidazole rings is 1. The molecule has 1 saturated heterocycles. The molecule has 2 aromatic heterocycles. The summed E-state index contributed by atoms with van der Waals surface area (Å²) >= 11 is 0. The molecule has 9 heteroatoms. The summed E-state index contributed by atoms with van der Waals surface area (Å²) in [5.41, 5.74) is 8.17. The van der Waals surface area contributed by atoms with E-state index in [0.717, 1.165) is 31.2 Å². The molecule has 2 aliphatic rings. The number of rotatable bonds is 5. The summed E-state index contributed by atoms with van der Waals surface area (Å²) in [6, 6.07) is 8.29. The average Bonchev–Trinajstić information content (AvgIpc) is 3.26. The molecule has 0 amide bonds. The summed E-state index contributed by atoms with van der Waals surface area (Å²) in [5, 5.41) is 0. The molecule has 174 valence electrons. The Balaban J connectivity index is 1.48. The second-order valence-corrected chi connectivity index (χ2v) is 9.06. The quantitative estimate of drug-likeness (QED) is 0.597. The second-order valence-electron chi connectivity index (χ2n) is 9.06. The van der Waals surface area contributed by atoms with Crippen molar-refractivity contribution in [3.63, 3.8) is 0 Å². The molecule has 33 heavy (non-hydrogen) atoms. The van der Waals surface area contributed by atoms with Crippen molar-refractivity contribution in [1.82, 2.24) is 19.9 Å². The lowest BCUT2D eigenvalue weighted by atomic mass is 9.98. The first-order valence-corrected chi connectivity index (χ1v) is 11.3. The SMILES string of the molecule is CC1(N)COC(c2nc(-c3ccc(F)cc3)c(-c3ccnc(OC4CCCCC4)n3)[nH]2)OC1. The van der Waals surface area contributed by atoms with Crippen molar-refractivity contribution in [2.75, 3.05) is 13.2 Å². The van der Waals surface area contributed by atoms with Crippen LogP contribution in [0.15, 0.2) is 36.5 Å². The molecule has 2 fully saturated rings. The van der Waals surface area contributed by atoms with Crippen molar-refractivity contribution in [3.05, 3.63) is 48.2 Å². The summed E-state index contributed by atoms with van der Waals surface area (Å²) < 4.78 is 31.2.